The van der Waals surface area contributed by atoms with E-state index in [1.165, 1.54) is 0 Å². The Labute approximate surface area is 62.5 Å². The molecule has 0 saturated carbocycles. The fourth-order valence-corrected chi connectivity index (χ4v) is 1.03. The first kappa shape index (κ1) is 6.03. The molecule has 0 saturated heterocycles. The van der Waals surface area contributed by atoms with E-state index in [0.29, 0.717) is 11.3 Å². The van der Waals surface area contributed by atoms with Gasteiger partial charge in [-0.1, -0.05) is 6.07 Å². The number of fused-ring (bicyclic) bond motifs is 1. The molecule has 3 N–H and O–H groups in total. The van der Waals surface area contributed by atoms with Gasteiger partial charge in [0.1, 0.15) is 0 Å². The highest BCUT2D eigenvalue weighted by molar-refractivity contribution is 5.67. The van der Waals surface area contributed by atoms with Crippen LogP contribution in [0.4, 0.5) is 0 Å². The van der Waals surface area contributed by atoms with Crippen molar-refractivity contribution >= 4 is 0 Å². The van der Waals surface area contributed by atoms with E-state index in [0.717, 1.165) is 0 Å². The van der Waals surface area contributed by atoms with E-state index in [2.05, 4.69) is 9.97 Å². The second kappa shape index (κ2) is 1.88. The molecule has 0 amide bonds. The van der Waals surface area contributed by atoms with Crippen LogP contribution in [0.25, 0.3) is 11.3 Å². The Bertz CT molecular complexity index is 356. The molecule has 0 unspecified atom stereocenters. The number of aromatic amines is 1. The minimum Gasteiger partial charge on any atom is -0.493 e. The smallest absolute Gasteiger partial charge is 0.294 e. The average Bonchev–Trinajstić information content (AvgIpc) is 2.34. The van der Waals surface area contributed by atoms with Gasteiger partial charge in [0.2, 0.25) is 5.88 Å². The van der Waals surface area contributed by atoms with Gasteiger partial charge in [0.25, 0.3) is 6.01 Å². The second-order valence-electron chi connectivity index (χ2n) is 2.24. The zero-order valence-corrected chi connectivity index (χ0v) is 5.57. The van der Waals surface area contributed by atoms with Crippen molar-refractivity contribution < 1.29 is 10.2 Å². The van der Waals surface area contributed by atoms with Crippen molar-refractivity contribution in [1.29, 1.82) is 0 Å². The van der Waals surface area contributed by atoms with Crippen LogP contribution in [0.5, 0.6) is 11.9 Å². The van der Waals surface area contributed by atoms with Gasteiger partial charge in [0, 0.05) is 0 Å². The Kier molecular flexibility index (Phi) is 1.03. The summed E-state index contributed by atoms with van der Waals surface area (Å²) in [6, 6.07) is 4.95. The Morgan fingerprint density at radius 2 is 2.09 bits per heavy atom. The van der Waals surface area contributed by atoms with Crippen molar-refractivity contribution in [2.24, 2.45) is 0 Å². The van der Waals surface area contributed by atoms with Crippen LogP contribution in [-0.2, 0) is 0 Å². The molecule has 0 aromatic carbocycles. The molecular formula is C7H6N2O2. The van der Waals surface area contributed by atoms with Crippen LogP contribution in [0.3, 0.4) is 0 Å². The third-order valence-corrected chi connectivity index (χ3v) is 1.52. The van der Waals surface area contributed by atoms with Gasteiger partial charge in [0.05, 0.1) is 11.3 Å². The number of nitrogens with one attached hydrogen (secondary N) is 1. The molecule has 0 bridgehead atoms. The Morgan fingerprint density at radius 3 is 2.91 bits per heavy atom. The molecule has 2 rings (SSSR count). The highest BCUT2D eigenvalue weighted by atomic mass is 16.3. The zero-order valence-electron chi connectivity index (χ0n) is 5.57. The highest BCUT2D eigenvalue weighted by Gasteiger charge is 2.09. The van der Waals surface area contributed by atoms with Crippen molar-refractivity contribution in [1.82, 2.24) is 9.97 Å². The number of rotatable bonds is 0. The summed E-state index contributed by atoms with van der Waals surface area (Å²) in [6.07, 6.45) is 0. The van der Waals surface area contributed by atoms with Gasteiger partial charge in [-0.05, 0) is 12.1 Å². The summed E-state index contributed by atoms with van der Waals surface area (Å²) >= 11 is 0. The molecule has 56 valence electrons. The topological polar surface area (TPSA) is 69.1 Å². The summed E-state index contributed by atoms with van der Waals surface area (Å²) in [5.41, 5.74) is 1.29. The number of hydrogen-bond donors (Lipinski definition) is 3. The standard InChI is InChI=1S/C7H6N2O2/c10-6-4-2-1-3-5(4)8-7(11)9-6/h1-3,10H,(H2,8,9,11). The van der Waals surface area contributed by atoms with Crippen LogP contribution in [0.15, 0.2) is 18.2 Å². The van der Waals surface area contributed by atoms with Crippen molar-refractivity contribution in [3.05, 3.63) is 18.2 Å². The minimum atomic E-state index is -0.277. The van der Waals surface area contributed by atoms with E-state index < -0.39 is 0 Å². The lowest BCUT2D eigenvalue weighted by atomic mass is 10.3. The summed E-state index contributed by atoms with van der Waals surface area (Å²) < 4.78 is 0. The maximum atomic E-state index is 9.15. The van der Waals surface area contributed by atoms with Crippen molar-refractivity contribution in [3.63, 3.8) is 0 Å². The Hall–Kier alpha value is -1.71. The maximum absolute atomic E-state index is 9.15. The first-order valence-corrected chi connectivity index (χ1v) is 3.14. The molecule has 11 heavy (non-hydrogen) atoms. The second-order valence-corrected chi connectivity index (χ2v) is 2.24. The minimum absolute atomic E-state index is 0.152. The van der Waals surface area contributed by atoms with Crippen molar-refractivity contribution in [2.75, 3.05) is 0 Å². The molecule has 0 fully saturated rings. The number of aromatic nitrogens is 2. The van der Waals surface area contributed by atoms with Crippen LogP contribution in [0, 0.1) is 0 Å². The van der Waals surface area contributed by atoms with Crippen LogP contribution < -0.4 is 0 Å². The van der Waals surface area contributed by atoms with Crippen LogP contribution in [0.2, 0.25) is 0 Å². The lowest BCUT2D eigenvalue weighted by molar-refractivity contribution is 0.399. The molecular weight excluding hydrogens is 144 g/mol. The lowest BCUT2D eigenvalue weighted by Gasteiger charge is -2.01. The van der Waals surface area contributed by atoms with E-state index in [1.54, 1.807) is 18.2 Å². The summed E-state index contributed by atoms with van der Waals surface area (Å²) in [6.45, 7) is 0. The summed E-state index contributed by atoms with van der Waals surface area (Å²) in [7, 11) is 0. The van der Waals surface area contributed by atoms with Gasteiger partial charge in [-0.2, -0.15) is 4.98 Å². The van der Waals surface area contributed by atoms with Crippen LogP contribution in [0.1, 0.15) is 0 Å². The van der Waals surface area contributed by atoms with E-state index in [-0.39, 0.29) is 11.9 Å². The Morgan fingerprint density at radius 1 is 1.27 bits per heavy atom. The molecule has 4 nitrogen and oxygen atoms in total. The van der Waals surface area contributed by atoms with Gasteiger partial charge >= 0.3 is 0 Å². The number of hydrogen-bond acceptors (Lipinski definition) is 3. The van der Waals surface area contributed by atoms with Gasteiger partial charge in [0.15, 0.2) is 0 Å². The molecule has 0 aromatic rings. The summed E-state index contributed by atoms with van der Waals surface area (Å²) in [5.74, 6) is -0.152. The van der Waals surface area contributed by atoms with Crippen LogP contribution >= 0.6 is 0 Å². The molecule has 1 heterocycles. The highest BCUT2D eigenvalue weighted by Crippen LogP contribution is 2.29. The number of nitrogens with zero attached hydrogens (tertiary/aromatic N) is 1. The fraction of sp³-hybridized carbons (Fsp3) is 0. The largest absolute Gasteiger partial charge is 0.493 e. The Balaban J connectivity index is 2.79. The van der Waals surface area contributed by atoms with Gasteiger partial charge < -0.3 is 15.2 Å². The third kappa shape index (κ3) is 0.797. The normalized spacial score (nSPS) is 10.5. The molecule has 1 aliphatic carbocycles. The SMILES string of the molecule is Oc1nc(O)c2cccc-2[nH]1. The molecule has 4 heteroatoms. The van der Waals surface area contributed by atoms with E-state index in [4.69, 9.17) is 10.2 Å². The number of H-pyrrole nitrogens is 1. The fourth-order valence-electron chi connectivity index (χ4n) is 1.03. The third-order valence-electron chi connectivity index (χ3n) is 1.52. The molecule has 2 aliphatic rings. The monoisotopic (exact) mass is 150 g/mol. The number of aromatic hydroxyl groups is 2. The molecule has 0 spiro atoms. The first-order valence-electron chi connectivity index (χ1n) is 3.14. The average molecular weight is 150 g/mol. The molecule has 0 atom stereocenters. The van der Waals surface area contributed by atoms with Crippen molar-refractivity contribution in [3.8, 4) is 23.1 Å². The van der Waals surface area contributed by atoms with E-state index in [1.807, 2.05) is 0 Å². The quantitative estimate of drug-likeness (QED) is 0.523. The van der Waals surface area contributed by atoms with Crippen molar-refractivity contribution in [2.45, 2.75) is 0 Å². The molecule has 0 aromatic heterocycles. The predicted molar refractivity (Wildman–Crippen MR) is 38.5 cm³/mol. The van der Waals surface area contributed by atoms with Gasteiger partial charge in [-0.25, -0.2) is 0 Å². The van der Waals surface area contributed by atoms with E-state index in [9.17, 15) is 0 Å². The first-order chi connectivity index (χ1) is 5.27. The lowest BCUT2D eigenvalue weighted by Crippen LogP contribution is -1.86. The predicted octanol–water partition coefficient (Wildman–Crippen LogP) is 0.926. The van der Waals surface area contributed by atoms with Gasteiger partial charge in [-0.15, -0.1) is 0 Å². The zero-order chi connectivity index (χ0) is 7.84. The summed E-state index contributed by atoms with van der Waals surface area (Å²) in [4.78, 5) is 6.02. The maximum Gasteiger partial charge on any atom is 0.294 e. The molecule has 0 radical (unpaired) electrons. The molecule has 1 aliphatic heterocycles. The van der Waals surface area contributed by atoms with Gasteiger partial charge in [-0.3, -0.25) is 0 Å². The van der Waals surface area contributed by atoms with Crippen LogP contribution in [-0.4, -0.2) is 20.2 Å². The van der Waals surface area contributed by atoms with E-state index >= 15 is 0 Å². The summed E-state index contributed by atoms with van der Waals surface area (Å²) in [5, 5.41) is 18.1.